The van der Waals surface area contributed by atoms with E-state index in [9.17, 15) is 4.79 Å². The summed E-state index contributed by atoms with van der Waals surface area (Å²) in [6.45, 7) is 0.726. The minimum absolute atomic E-state index is 0.236. The van der Waals surface area contributed by atoms with E-state index >= 15 is 0 Å². The van der Waals surface area contributed by atoms with Crippen molar-refractivity contribution >= 4 is 22.4 Å². The maximum absolute atomic E-state index is 13.4. The number of anilines is 1. The molecule has 0 saturated carbocycles. The Labute approximate surface area is 179 Å². The molecule has 0 aliphatic heterocycles. The van der Waals surface area contributed by atoms with Crippen LogP contribution in [-0.4, -0.2) is 52.5 Å². The fourth-order valence-corrected chi connectivity index (χ4v) is 3.82. The van der Waals surface area contributed by atoms with Crippen molar-refractivity contribution in [2.45, 2.75) is 0 Å². The zero-order chi connectivity index (χ0) is 21.5. The Balaban J connectivity index is 1.98. The number of amides is 1. The molecule has 3 aromatic rings. The van der Waals surface area contributed by atoms with Crippen molar-refractivity contribution in [3.05, 3.63) is 53.4 Å². The summed E-state index contributed by atoms with van der Waals surface area (Å²) >= 11 is 1.40. The Morgan fingerprint density at radius 2 is 1.67 bits per heavy atom. The van der Waals surface area contributed by atoms with Crippen LogP contribution in [0.2, 0.25) is 0 Å². The summed E-state index contributed by atoms with van der Waals surface area (Å²) in [4.78, 5) is 19.7. The third-order valence-corrected chi connectivity index (χ3v) is 5.33. The van der Waals surface area contributed by atoms with Crippen LogP contribution >= 0.6 is 11.3 Å². The van der Waals surface area contributed by atoms with Crippen LogP contribution in [-0.2, 0) is 4.74 Å². The number of aromatic nitrogens is 1. The van der Waals surface area contributed by atoms with Gasteiger partial charge in [-0.25, -0.2) is 4.98 Å². The van der Waals surface area contributed by atoms with Crippen LogP contribution in [0.5, 0.6) is 17.2 Å². The molecule has 0 bridgehead atoms. The molecule has 0 N–H and O–H groups in total. The molecule has 0 saturated heterocycles. The van der Waals surface area contributed by atoms with Gasteiger partial charge >= 0.3 is 0 Å². The first kappa shape index (κ1) is 21.6. The molecule has 0 atom stereocenters. The van der Waals surface area contributed by atoms with Crippen LogP contribution < -0.4 is 19.1 Å². The van der Waals surface area contributed by atoms with E-state index in [0.29, 0.717) is 41.1 Å². The summed E-state index contributed by atoms with van der Waals surface area (Å²) < 4.78 is 21.3. The lowest BCUT2D eigenvalue weighted by Crippen LogP contribution is -2.34. The molecule has 3 rings (SSSR count). The van der Waals surface area contributed by atoms with Gasteiger partial charge in [0.15, 0.2) is 16.6 Å². The minimum Gasteiger partial charge on any atom is -0.493 e. The number of rotatable bonds is 9. The first-order valence-electron chi connectivity index (χ1n) is 9.24. The molecule has 0 radical (unpaired) electrons. The molecule has 1 heterocycles. The maximum Gasteiger partial charge on any atom is 0.260 e. The number of ether oxygens (including phenoxy) is 4. The number of hydrogen-bond acceptors (Lipinski definition) is 7. The molecule has 7 nitrogen and oxygen atoms in total. The molecular weight excluding hydrogens is 404 g/mol. The molecule has 0 unspecified atom stereocenters. The van der Waals surface area contributed by atoms with Crippen molar-refractivity contribution in [2.75, 3.05) is 46.5 Å². The van der Waals surface area contributed by atoms with Gasteiger partial charge in [-0.05, 0) is 12.1 Å². The monoisotopic (exact) mass is 428 g/mol. The molecule has 8 heteroatoms. The van der Waals surface area contributed by atoms with E-state index in [1.54, 1.807) is 24.1 Å². The van der Waals surface area contributed by atoms with E-state index in [1.807, 2.05) is 35.7 Å². The van der Waals surface area contributed by atoms with Crippen molar-refractivity contribution in [1.29, 1.82) is 0 Å². The fraction of sp³-hybridized carbons (Fsp3) is 0.273. The van der Waals surface area contributed by atoms with Crippen molar-refractivity contribution in [1.82, 2.24) is 4.98 Å². The van der Waals surface area contributed by atoms with E-state index in [0.717, 1.165) is 11.3 Å². The van der Waals surface area contributed by atoms with E-state index in [1.165, 1.54) is 32.7 Å². The van der Waals surface area contributed by atoms with Gasteiger partial charge in [-0.15, -0.1) is 11.3 Å². The van der Waals surface area contributed by atoms with Gasteiger partial charge in [0.25, 0.3) is 5.91 Å². The first-order valence-corrected chi connectivity index (χ1v) is 10.1. The van der Waals surface area contributed by atoms with Gasteiger partial charge in [-0.1, -0.05) is 30.3 Å². The number of thiazole rings is 1. The largest absolute Gasteiger partial charge is 0.493 e. The number of benzene rings is 2. The zero-order valence-corrected chi connectivity index (χ0v) is 18.2. The summed E-state index contributed by atoms with van der Waals surface area (Å²) in [5.74, 6) is 1.02. The minimum atomic E-state index is -0.236. The average molecular weight is 429 g/mol. The maximum atomic E-state index is 13.4. The SMILES string of the molecule is COCCN(C(=O)c1cc(OC)c(OC)c(OC)c1)c1nc(-c2ccccc2)cs1. The van der Waals surface area contributed by atoms with Gasteiger partial charge in [0.05, 0.1) is 40.2 Å². The second-order valence-corrected chi connectivity index (χ2v) is 7.08. The summed E-state index contributed by atoms with van der Waals surface area (Å²) in [6, 6.07) is 13.1. The van der Waals surface area contributed by atoms with Crippen LogP contribution in [0, 0.1) is 0 Å². The molecule has 1 aromatic heterocycles. The van der Waals surface area contributed by atoms with E-state index in [-0.39, 0.29) is 5.91 Å². The number of carbonyl (C=O) groups is 1. The molecule has 0 spiro atoms. The van der Waals surface area contributed by atoms with Crippen molar-refractivity contribution in [2.24, 2.45) is 0 Å². The van der Waals surface area contributed by atoms with Gasteiger partial charge in [-0.3, -0.25) is 9.69 Å². The molecule has 0 fully saturated rings. The summed E-state index contributed by atoms with van der Waals surface area (Å²) in [5, 5.41) is 2.53. The molecule has 1 amide bonds. The summed E-state index contributed by atoms with van der Waals surface area (Å²) in [5.41, 5.74) is 2.21. The first-order chi connectivity index (χ1) is 14.6. The smallest absolute Gasteiger partial charge is 0.260 e. The summed E-state index contributed by atoms with van der Waals surface area (Å²) in [7, 11) is 6.15. The van der Waals surface area contributed by atoms with Crippen LogP contribution in [0.4, 0.5) is 5.13 Å². The van der Waals surface area contributed by atoms with Gasteiger partial charge in [0.1, 0.15) is 0 Å². The Hall–Kier alpha value is -3.10. The molecular formula is C22H24N2O5S. The van der Waals surface area contributed by atoms with E-state index in [2.05, 4.69) is 4.98 Å². The predicted octanol–water partition coefficient (Wildman–Crippen LogP) is 4.13. The highest BCUT2D eigenvalue weighted by Gasteiger charge is 2.24. The van der Waals surface area contributed by atoms with Crippen LogP contribution in [0.3, 0.4) is 0 Å². The second kappa shape index (κ2) is 10.1. The zero-order valence-electron chi connectivity index (χ0n) is 17.4. The lowest BCUT2D eigenvalue weighted by Gasteiger charge is -2.21. The van der Waals surface area contributed by atoms with Crippen molar-refractivity contribution < 1.29 is 23.7 Å². The second-order valence-electron chi connectivity index (χ2n) is 6.24. The highest BCUT2D eigenvalue weighted by atomic mass is 32.1. The van der Waals surface area contributed by atoms with Crippen LogP contribution in [0.25, 0.3) is 11.3 Å². The van der Waals surface area contributed by atoms with Crippen LogP contribution in [0.15, 0.2) is 47.8 Å². The average Bonchev–Trinajstić information content (AvgIpc) is 3.28. The quantitative estimate of drug-likeness (QED) is 0.510. The number of nitrogens with zero attached hydrogens (tertiary/aromatic N) is 2. The predicted molar refractivity (Wildman–Crippen MR) is 117 cm³/mol. The van der Waals surface area contributed by atoms with Crippen molar-refractivity contribution in [3.63, 3.8) is 0 Å². The van der Waals surface area contributed by atoms with E-state index in [4.69, 9.17) is 18.9 Å². The number of methoxy groups -OCH3 is 4. The molecule has 2 aromatic carbocycles. The standard InChI is InChI=1S/C22H24N2O5S/c1-26-11-10-24(22-23-17(14-30-22)15-8-6-5-7-9-15)21(25)16-12-18(27-2)20(29-4)19(13-16)28-3/h5-9,12-14H,10-11H2,1-4H3. The molecule has 30 heavy (non-hydrogen) atoms. The topological polar surface area (TPSA) is 70.1 Å². The Morgan fingerprint density at radius 1 is 1.00 bits per heavy atom. The Morgan fingerprint density at radius 3 is 2.23 bits per heavy atom. The van der Waals surface area contributed by atoms with Gasteiger partial charge in [-0.2, -0.15) is 0 Å². The Kier molecular flexibility index (Phi) is 7.26. The summed E-state index contributed by atoms with van der Waals surface area (Å²) in [6.07, 6.45) is 0. The third-order valence-electron chi connectivity index (χ3n) is 4.47. The van der Waals surface area contributed by atoms with Gasteiger partial charge in [0, 0.05) is 23.6 Å². The third kappa shape index (κ3) is 4.55. The van der Waals surface area contributed by atoms with Crippen molar-refractivity contribution in [3.8, 4) is 28.5 Å². The normalized spacial score (nSPS) is 10.5. The van der Waals surface area contributed by atoms with Crippen LogP contribution in [0.1, 0.15) is 10.4 Å². The fourth-order valence-electron chi connectivity index (χ4n) is 2.96. The Bertz CT molecular complexity index is 965. The van der Waals surface area contributed by atoms with Gasteiger partial charge < -0.3 is 18.9 Å². The molecule has 0 aliphatic rings. The van der Waals surface area contributed by atoms with Gasteiger partial charge in [0.2, 0.25) is 5.75 Å². The number of carbonyl (C=O) groups excluding carboxylic acids is 1. The van der Waals surface area contributed by atoms with E-state index < -0.39 is 0 Å². The highest BCUT2D eigenvalue weighted by molar-refractivity contribution is 7.14. The molecule has 158 valence electrons. The number of hydrogen-bond donors (Lipinski definition) is 0. The molecule has 0 aliphatic carbocycles. The highest BCUT2D eigenvalue weighted by Crippen LogP contribution is 2.39. The lowest BCUT2D eigenvalue weighted by atomic mass is 10.1. The lowest BCUT2D eigenvalue weighted by molar-refractivity contribution is 0.0975.